The summed E-state index contributed by atoms with van der Waals surface area (Å²) in [5, 5.41) is 3.30. The molecule has 4 aliphatic carbocycles. The molecule has 1 aromatic carbocycles. The number of amides is 1. The summed E-state index contributed by atoms with van der Waals surface area (Å²) in [6.45, 7) is 4.21. The number of hydrogen-bond acceptors (Lipinski definition) is 3. The monoisotopic (exact) mass is 367 g/mol. The highest BCUT2D eigenvalue weighted by molar-refractivity contribution is 5.94. The van der Waals surface area contributed by atoms with Gasteiger partial charge in [0.15, 0.2) is 0 Å². The number of carbonyl (C=O) groups excluding carboxylic acids is 1. The molecule has 0 spiro atoms. The molecule has 5 aliphatic rings. The van der Waals surface area contributed by atoms with Gasteiger partial charge in [0.05, 0.1) is 11.4 Å². The fourth-order valence-corrected chi connectivity index (χ4v) is 6.94. The SMILES string of the molecule is CN1CCN(c2ccccc2NC(=O)CC23CC4CC(CC(C4)C2)C3)CC1. The molecule has 1 N–H and O–H groups in total. The Labute approximate surface area is 163 Å². The number of rotatable bonds is 4. The van der Waals surface area contributed by atoms with Crippen LogP contribution in [0.15, 0.2) is 24.3 Å². The first-order valence-electron chi connectivity index (χ1n) is 10.9. The lowest BCUT2D eigenvalue weighted by atomic mass is 9.49. The highest BCUT2D eigenvalue weighted by atomic mass is 16.1. The molecule has 146 valence electrons. The van der Waals surface area contributed by atoms with Crippen LogP contribution in [0, 0.1) is 23.2 Å². The molecular formula is C23H33N3O. The highest BCUT2D eigenvalue weighted by Gasteiger charge is 2.51. The summed E-state index contributed by atoms with van der Waals surface area (Å²) in [5.74, 6) is 2.95. The largest absolute Gasteiger partial charge is 0.367 e. The van der Waals surface area contributed by atoms with E-state index in [4.69, 9.17) is 0 Å². The highest BCUT2D eigenvalue weighted by Crippen LogP contribution is 2.61. The lowest BCUT2D eigenvalue weighted by molar-refractivity contribution is -0.124. The second-order valence-corrected chi connectivity index (χ2v) is 9.95. The first-order chi connectivity index (χ1) is 13.1. The van der Waals surface area contributed by atoms with E-state index < -0.39 is 0 Å². The minimum absolute atomic E-state index is 0.235. The Balaban J connectivity index is 1.28. The summed E-state index contributed by atoms with van der Waals surface area (Å²) in [4.78, 5) is 17.8. The molecule has 5 fully saturated rings. The Bertz CT molecular complexity index is 672. The molecule has 1 amide bonds. The molecular weight excluding hydrogens is 334 g/mol. The summed E-state index contributed by atoms with van der Waals surface area (Å²) in [5.41, 5.74) is 2.49. The first-order valence-corrected chi connectivity index (χ1v) is 10.9. The molecule has 4 bridgehead atoms. The van der Waals surface area contributed by atoms with E-state index in [1.54, 1.807) is 0 Å². The summed E-state index contributed by atoms with van der Waals surface area (Å²) >= 11 is 0. The van der Waals surface area contributed by atoms with E-state index >= 15 is 0 Å². The zero-order chi connectivity index (χ0) is 18.4. The second kappa shape index (κ2) is 6.80. The zero-order valence-electron chi connectivity index (χ0n) is 16.6. The number of likely N-dealkylation sites (N-methyl/N-ethyl adjacent to an activating group) is 1. The molecule has 1 saturated heterocycles. The van der Waals surface area contributed by atoms with Crippen LogP contribution in [-0.2, 0) is 4.79 Å². The number of piperazine rings is 1. The fraction of sp³-hybridized carbons (Fsp3) is 0.696. The number of hydrogen-bond donors (Lipinski definition) is 1. The molecule has 0 unspecified atom stereocenters. The molecule has 0 aromatic heterocycles. The molecule has 1 aromatic rings. The van der Waals surface area contributed by atoms with Crippen LogP contribution >= 0.6 is 0 Å². The maximum Gasteiger partial charge on any atom is 0.224 e. The van der Waals surface area contributed by atoms with Crippen molar-refractivity contribution >= 4 is 17.3 Å². The van der Waals surface area contributed by atoms with Crippen molar-refractivity contribution < 1.29 is 4.79 Å². The molecule has 0 radical (unpaired) electrons. The van der Waals surface area contributed by atoms with Crippen molar-refractivity contribution in [2.45, 2.75) is 44.9 Å². The average molecular weight is 368 g/mol. The van der Waals surface area contributed by atoms with Crippen LogP contribution in [0.4, 0.5) is 11.4 Å². The normalized spacial score (nSPS) is 35.4. The van der Waals surface area contributed by atoms with Gasteiger partial charge in [-0.05, 0) is 80.9 Å². The van der Waals surface area contributed by atoms with Crippen molar-refractivity contribution in [3.05, 3.63) is 24.3 Å². The summed E-state index contributed by atoms with van der Waals surface area (Å²) < 4.78 is 0. The van der Waals surface area contributed by atoms with E-state index in [-0.39, 0.29) is 5.91 Å². The van der Waals surface area contributed by atoms with Gasteiger partial charge in [-0.2, -0.15) is 0 Å². The van der Waals surface area contributed by atoms with Crippen molar-refractivity contribution in [2.24, 2.45) is 23.2 Å². The minimum atomic E-state index is 0.235. The maximum atomic E-state index is 13.0. The van der Waals surface area contributed by atoms with Crippen LogP contribution in [0.25, 0.3) is 0 Å². The quantitative estimate of drug-likeness (QED) is 0.874. The topological polar surface area (TPSA) is 35.6 Å². The van der Waals surface area contributed by atoms with Crippen LogP contribution < -0.4 is 10.2 Å². The average Bonchev–Trinajstić information content (AvgIpc) is 2.61. The van der Waals surface area contributed by atoms with Crippen molar-refractivity contribution in [3.63, 3.8) is 0 Å². The van der Waals surface area contributed by atoms with Gasteiger partial charge in [-0.3, -0.25) is 4.79 Å². The van der Waals surface area contributed by atoms with Gasteiger partial charge in [-0.25, -0.2) is 0 Å². The maximum absolute atomic E-state index is 13.0. The predicted molar refractivity (Wildman–Crippen MR) is 110 cm³/mol. The second-order valence-electron chi connectivity index (χ2n) is 9.95. The summed E-state index contributed by atoms with van der Waals surface area (Å²) in [6, 6.07) is 8.36. The fourth-order valence-electron chi connectivity index (χ4n) is 6.94. The lowest BCUT2D eigenvalue weighted by Crippen LogP contribution is -2.47. The number of carbonyl (C=O) groups is 1. The molecule has 0 atom stereocenters. The number of nitrogens with zero attached hydrogens (tertiary/aromatic N) is 2. The Kier molecular flexibility index (Phi) is 4.42. The van der Waals surface area contributed by atoms with Crippen molar-refractivity contribution in [2.75, 3.05) is 43.4 Å². The standard InChI is InChI=1S/C23H33N3O/c1-25-6-8-26(9-7-25)21-5-3-2-4-20(21)24-22(27)16-23-13-17-10-18(14-23)12-19(11-17)15-23/h2-5,17-19H,6-16H2,1H3,(H,24,27). The third-order valence-electron chi connectivity index (χ3n) is 7.72. The molecule has 4 heteroatoms. The summed E-state index contributed by atoms with van der Waals surface area (Å²) in [6.07, 6.45) is 8.94. The third-order valence-corrected chi connectivity index (χ3v) is 7.72. The Morgan fingerprint density at radius 2 is 1.59 bits per heavy atom. The number of nitrogens with one attached hydrogen (secondary N) is 1. The van der Waals surface area contributed by atoms with Crippen LogP contribution in [0.2, 0.25) is 0 Å². The number of para-hydroxylation sites is 2. The van der Waals surface area contributed by atoms with Crippen LogP contribution in [0.1, 0.15) is 44.9 Å². The lowest BCUT2D eigenvalue weighted by Gasteiger charge is -2.56. The van der Waals surface area contributed by atoms with Crippen molar-refractivity contribution in [3.8, 4) is 0 Å². The number of anilines is 2. The van der Waals surface area contributed by atoms with Gasteiger partial charge in [0.25, 0.3) is 0 Å². The van der Waals surface area contributed by atoms with Crippen LogP contribution in [-0.4, -0.2) is 44.0 Å². The van der Waals surface area contributed by atoms with E-state index in [1.165, 1.54) is 44.2 Å². The Hall–Kier alpha value is -1.55. The molecule has 4 saturated carbocycles. The van der Waals surface area contributed by atoms with Gasteiger partial charge in [-0.15, -0.1) is 0 Å². The van der Waals surface area contributed by atoms with Crippen molar-refractivity contribution in [1.29, 1.82) is 0 Å². The summed E-state index contributed by atoms with van der Waals surface area (Å²) in [7, 11) is 2.18. The van der Waals surface area contributed by atoms with E-state index in [9.17, 15) is 4.79 Å². The van der Waals surface area contributed by atoms with E-state index in [1.807, 2.05) is 6.07 Å². The smallest absolute Gasteiger partial charge is 0.224 e. The van der Waals surface area contributed by atoms with Gasteiger partial charge in [0.2, 0.25) is 5.91 Å². The molecule has 6 rings (SSSR count). The van der Waals surface area contributed by atoms with E-state index in [0.717, 1.165) is 56.0 Å². The van der Waals surface area contributed by atoms with Gasteiger partial charge >= 0.3 is 0 Å². The van der Waals surface area contributed by atoms with Gasteiger partial charge < -0.3 is 15.1 Å². The molecule has 1 aliphatic heterocycles. The Morgan fingerprint density at radius 3 is 2.22 bits per heavy atom. The van der Waals surface area contributed by atoms with Gasteiger partial charge in [-0.1, -0.05) is 12.1 Å². The van der Waals surface area contributed by atoms with E-state index in [0.29, 0.717) is 5.41 Å². The van der Waals surface area contributed by atoms with Crippen LogP contribution in [0.3, 0.4) is 0 Å². The minimum Gasteiger partial charge on any atom is -0.367 e. The zero-order valence-corrected chi connectivity index (χ0v) is 16.6. The predicted octanol–water partition coefficient (Wildman–Crippen LogP) is 3.98. The first kappa shape index (κ1) is 17.5. The molecule has 1 heterocycles. The van der Waals surface area contributed by atoms with Gasteiger partial charge in [0, 0.05) is 32.6 Å². The number of benzene rings is 1. The Morgan fingerprint density at radius 1 is 1.00 bits per heavy atom. The van der Waals surface area contributed by atoms with E-state index in [2.05, 4.69) is 40.4 Å². The molecule has 4 nitrogen and oxygen atoms in total. The third kappa shape index (κ3) is 3.49. The molecule has 27 heavy (non-hydrogen) atoms. The van der Waals surface area contributed by atoms with Gasteiger partial charge in [0.1, 0.15) is 0 Å². The van der Waals surface area contributed by atoms with Crippen molar-refractivity contribution in [1.82, 2.24) is 4.90 Å². The van der Waals surface area contributed by atoms with Crippen LogP contribution in [0.5, 0.6) is 0 Å².